The Hall–Kier alpha value is -3.29. The van der Waals surface area contributed by atoms with E-state index in [-0.39, 0.29) is 5.78 Å². The van der Waals surface area contributed by atoms with Gasteiger partial charge in [0.05, 0.1) is 17.3 Å². The molecule has 2 heterocycles. The van der Waals surface area contributed by atoms with Gasteiger partial charge in [0.15, 0.2) is 5.78 Å². The first-order valence-corrected chi connectivity index (χ1v) is 9.00. The molecular weight excluding hydrogens is 358 g/mol. The van der Waals surface area contributed by atoms with E-state index in [1.807, 2.05) is 36.4 Å². The minimum Gasteiger partial charge on any atom is -0.369 e. The summed E-state index contributed by atoms with van der Waals surface area (Å²) >= 11 is 5.95. The van der Waals surface area contributed by atoms with Gasteiger partial charge in [-0.25, -0.2) is 0 Å². The molecule has 132 valence electrons. The molecule has 0 bridgehead atoms. The Morgan fingerprint density at radius 1 is 1.15 bits per heavy atom. The summed E-state index contributed by atoms with van der Waals surface area (Å²) < 4.78 is 0. The maximum Gasteiger partial charge on any atom is 0.197 e. The lowest BCUT2D eigenvalue weighted by molar-refractivity contribution is 0.103. The molecule has 27 heavy (non-hydrogen) atoms. The van der Waals surface area contributed by atoms with E-state index in [1.54, 1.807) is 24.3 Å². The average molecular weight is 374 g/mol. The summed E-state index contributed by atoms with van der Waals surface area (Å²) in [6, 6.07) is 18.9. The van der Waals surface area contributed by atoms with Crippen LogP contribution >= 0.6 is 11.6 Å². The van der Waals surface area contributed by atoms with Crippen molar-refractivity contribution in [1.82, 2.24) is 10.2 Å². The fraction of sp³-hybridized carbons (Fsp3) is 0.0909. The first-order chi connectivity index (χ1) is 13.2. The van der Waals surface area contributed by atoms with Crippen LogP contribution in [0.25, 0.3) is 5.70 Å². The topological polar surface area (TPSA) is 56.1 Å². The zero-order valence-corrected chi connectivity index (χ0v) is 15.2. The largest absolute Gasteiger partial charge is 0.369 e. The number of allylic oxidation sites excluding steroid dienone is 4. The third kappa shape index (κ3) is 3.14. The number of nitriles is 1. The number of hydrogen-bond acceptors (Lipinski definition) is 4. The summed E-state index contributed by atoms with van der Waals surface area (Å²) in [5.74, 6) is 0.615. The van der Waals surface area contributed by atoms with Crippen LogP contribution in [0, 0.1) is 11.3 Å². The van der Waals surface area contributed by atoms with Gasteiger partial charge < -0.3 is 10.2 Å². The molecule has 0 atom stereocenters. The van der Waals surface area contributed by atoms with E-state index in [4.69, 9.17) is 11.6 Å². The van der Waals surface area contributed by atoms with Crippen molar-refractivity contribution in [2.24, 2.45) is 0 Å². The highest BCUT2D eigenvalue weighted by Crippen LogP contribution is 2.36. The molecule has 0 aromatic heterocycles. The Morgan fingerprint density at radius 3 is 2.59 bits per heavy atom. The summed E-state index contributed by atoms with van der Waals surface area (Å²) in [4.78, 5) is 15.3. The molecule has 5 heteroatoms. The Kier molecular flexibility index (Phi) is 4.53. The lowest BCUT2D eigenvalue weighted by atomic mass is 9.91. The molecule has 1 N–H and O–H groups in total. The van der Waals surface area contributed by atoms with E-state index >= 15 is 0 Å². The third-order valence-corrected chi connectivity index (χ3v) is 4.88. The molecule has 4 nitrogen and oxygen atoms in total. The SMILES string of the molecule is N#C/C=C1/C=C(c2ccccc2)N2CCNC2=C1C(=O)c1ccc(Cl)cc1. The molecular formula is C22H16ClN3O. The molecule has 0 saturated carbocycles. The van der Waals surface area contributed by atoms with E-state index in [1.165, 1.54) is 6.08 Å². The van der Waals surface area contributed by atoms with Crippen molar-refractivity contribution in [2.75, 3.05) is 13.1 Å². The Labute approximate surface area is 162 Å². The van der Waals surface area contributed by atoms with E-state index in [2.05, 4.69) is 16.3 Å². The van der Waals surface area contributed by atoms with Gasteiger partial charge in [-0.15, -0.1) is 0 Å². The van der Waals surface area contributed by atoms with Gasteiger partial charge in [-0.3, -0.25) is 4.79 Å². The first-order valence-electron chi connectivity index (χ1n) is 8.62. The number of benzene rings is 2. The highest BCUT2D eigenvalue weighted by Gasteiger charge is 2.33. The van der Waals surface area contributed by atoms with Crippen LogP contribution in [0.2, 0.25) is 5.02 Å². The molecule has 0 radical (unpaired) electrons. The molecule has 0 amide bonds. The second-order valence-corrected chi connectivity index (χ2v) is 6.70. The molecule has 2 aliphatic heterocycles. The summed E-state index contributed by atoms with van der Waals surface area (Å²) in [5, 5.41) is 13.2. The monoisotopic (exact) mass is 373 g/mol. The minimum atomic E-state index is -0.133. The van der Waals surface area contributed by atoms with Crippen LogP contribution in [0.4, 0.5) is 0 Å². The van der Waals surface area contributed by atoms with E-state index in [0.717, 1.165) is 30.2 Å². The van der Waals surface area contributed by atoms with Crippen LogP contribution < -0.4 is 5.32 Å². The number of rotatable bonds is 3. The zero-order valence-electron chi connectivity index (χ0n) is 14.4. The molecule has 0 aliphatic carbocycles. The number of Topliss-reactive ketones (excluding diaryl/α,β-unsaturated/α-hetero) is 1. The number of nitrogens with one attached hydrogen (secondary N) is 1. The van der Waals surface area contributed by atoms with Crippen molar-refractivity contribution in [3.05, 3.63) is 99.9 Å². The normalized spacial score (nSPS) is 17.3. The van der Waals surface area contributed by atoms with Gasteiger partial charge in [0.1, 0.15) is 5.82 Å². The van der Waals surface area contributed by atoms with Crippen molar-refractivity contribution < 1.29 is 4.79 Å². The third-order valence-electron chi connectivity index (χ3n) is 4.63. The van der Waals surface area contributed by atoms with Crippen LogP contribution in [-0.2, 0) is 0 Å². The molecule has 0 spiro atoms. The summed E-state index contributed by atoms with van der Waals surface area (Å²) in [6.07, 6.45) is 3.34. The van der Waals surface area contributed by atoms with Gasteiger partial charge in [0.25, 0.3) is 0 Å². The predicted octanol–water partition coefficient (Wildman–Crippen LogP) is 4.14. The standard InChI is InChI=1S/C22H16ClN3O/c23-18-8-6-16(7-9-18)21(27)20-17(10-11-24)14-19(15-4-2-1-3-5-15)26-13-12-25-22(20)26/h1-10,14,25H,12-13H2/b17-10-. The van der Waals surface area contributed by atoms with Crippen LogP contribution in [0.15, 0.2) is 83.7 Å². The van der Waals surface area contributed by atoms with Gasteiger partial charge in [0.2, 0.25) is 0 Å². The second-order valence-electron chi connectivity index (χ2n) is 6.26. The quantitative estimate of drug-likeness (QED) is 0.648. The van der Waals surface area contributed by atoms with Gasteiger partial charge >= 0.3 is 0 Å². The molecule has 2 aromatic carbocycles. The van der Waals surface area contributed by atoms with E-state index in [0.29, 0.717) is 21.7 Å². The van der Waals surface area contributed by atoms with Crippen molar-refractivity contribution in [1.29, 1.82) is 5.26 Å². The maximum absolute atomic E-state index is 13.2. The average Bonchev–Trinajstić information content (AvgIpc) is 3.18. The van der Waals surface area contributed by atoms with Crippen LogP contribution in [0.5, 0.6) is 0 Å². The minimum absolute atomic E-state index is 0.133. The summed E-state index contributed by atoms with van der Waals surface area (Å²) in [7, 11) is 0. The molecule has 0 unspecified atom stereocenters. The Morgan fingerprint density at radius 2 is 1.89 bits per heavy atom. The number of halogens is 1. The van der Waals surface area contributed by atoms with Crippen molar-refractivity contribution in [3.8, 4) is 6.07 Å². The van der Waals surface area contributed by atoms with Crippen LogP contribution in [0.1, 0.15) is 15.9 Å². The van der Waals surface area contributed by atoms with Crippen LogP contribution in [-0.4, -0.2) is 23.8 Å². The molecule has 1 fully saturated rings. The number of carbonyl (C=O) groups excluding carboxylic acids is 1. The van der Waals surface area contributed by atoms with Crippen LogP contribution in [0.3, 0.4) is 0 Å². The van der Waals surface area contributed by atoms with Gasteiger partial charge in [0, 0.05) is 35.3 Å². The first kappa shape index (κ1) is 17.1. The number of carbonyl (C=O) groups is 1. The van der Waals surface area contributed by atoms with E-state index < -0.39 is 0 Å². The van der Waals surface area contributed by atoms with Gasteiger partial charge in [-0.05, 0) is 35.9 Å². The fourth-order valence-electron chi connectivity index (χ4n) is 3.41. The highest BCUT2D eigenvalue weighted by molar-refractivity contribution is 6.30. The predicted molar refractivity (Wildman–Crippen MR) is 106 cm³/mol. The fourth-order valence-corrected chi connectivity index (χ4v) is 3.53. The van der Waals surface area contributed by atoms with Gasteiger partial charge in [-0.2, -0.15) is 5.26 Å². The number of nitrogens with zero attached hydrogens (tertiary/aromatic N) is 2. The smallest absolute Gasteiger partial charge is 0.197 e. The molecule has 2 aliphatic rings. The van der Waals surface area contributed by atoms with Crippen molar-refractivity contribution in [2.45, 2.75) is 0 Å². The Bertz CT molecular complexity index is 1030. The highest BCUT2D eigenvalue weighted by atomic mass is 35.5. The number of hydrogen-bond donors (Lipinski definition) is 1. The van der Waals surface area contributed by atoms with Gasteiger partial charge in [-0.1, -0.05) is 41.9 Å². The second kappa shape index (κ2) is 7.14. The molecule has 1 saturated heterocycles. The maximum atomic E-state index is 13.2. The number of fused-ring (bicyclic) bond motifs is 1. The van der Waals surface area contributed by atoms with Crippen molar-refractivity contribution >= 4 is 23.1 Å². The van der Waals surface area contributed by atoms with E-state index in [9.17, 15) is 10.1 Å². The lowest BCUT2D eigenvalue weighted by Crippen LogP contribution is -2.27. The Balaban J connectivity index is 1.84. The number of ketones is 1. The summed E-state index contributed by atoms with van der Waals surface area (Å²) in [5.41, 5.74) is 3.68. The van der Waals surface area contributed by atoms with Crippen molar-refractivity contribution in [3.63, 3.8) is 0 Å². The molecule has 2 aromatic rings. The lowest BCUT2D eigenvalue weighted by Gasteiger charge is -2.30. The molecule has 4 rings (SSSR count). The zero-order chi connectivity index (χ0) is 18.8. The summed E-state index contributed by atoms with van der Waals surface area (Å²) in [6.45, 7) is 1.49.